The molecule has 84 valence electrons. The minimum absolute atomic E-state index is 0.878. The van der Waals surface area contributed by atoms with Gasteiger partial charge in [0.05, 0.1) is 12.0 Å². The largest absolute Gasteiger partial charge is 0.464 e. The summed E-state index contributed by atoms with van der Waals surface area (Å²) in [6.07, 6.45) is 3.62. The minimum Gasteiger partial charge on any atom is -0.464 e. The normalized spacial score (nSPS) is 10.6. The summed E-state index contributed by atoms with van der Waals surface area (Å²) in [6, 6.07) is 14.0. The van der Waals surface area contributed by atoms with E-state index in [1.807, 2.05) is 43.6 Å². The summed E-state index contributed by atoms with van der Waals surface area (Å²) in [6.45, 7) is 0. The second-order valence-electron chi connectivity index (χ2n) is 3.93. The van der Waals surface area contributed by atoms with Crippen LogP contribution in [-0.4, -0.2) is 9.78 Å². The van der Waals surface area contributed by atoms with Crippen molar-refractivity contribution >= 4 is 0 Å². The van der Waals surface area contributed by atoms with Crippen LogP contribution in [0.1, 0.15) is 0 Å². The summed E-state index contributed by atoms with van der Waals surface area (Å²) in [5.74, 6) is 0.878. The molecule has 3 nitrogen and oxygen atoms in total. The van der Waals surface area contributed by atoms with Gasteiger partial charge in [-0.1, -0.05) is 18.2 Å². The molecular formula is C14H12N2O. The molecule has 0 N–H and O–H groups in total. The highest BCUT2D eigenvalue weighted by atomic mass is 16.3. The number of rotatable bonds is 2. The van der Waals surface area contributed by atoms with Gasteiger partial charge in [-0.05, 0) is 24.3 Å². The van der Waals surface area contributed by atoms with Gasteiger partial charge < -0.3 is 4.42 Å². The van der Waals surface area contributed by atoms with E-state index in [9.17, 15) is 0 Å². The maximum atomic E-state index is 5.39. The lowest BCUT2D eigenvalue weighted by Gasteiger charge is -2.00. The highest BCUT2D eigenvalue weighted by molar-refractivity contribution is 5.68. The van der Waals surface area contributed by atoms with E-state index in [-0.39, 0.29) is 0 Å². The molecule has 3 aromatic rings. The van der Waals surface area contributed by atoms with Crippen LogP contribution in [0.2, 0.25) is 0 Å². The molecule has 0 aliphatic carbocycles. The molecule has 17 heavy (non-hydrogen) atoms. The molecule has 3 rings (SSSR count). The Balaban J connectivity index is 2.05. The maximum absolute atomic E-state index is 5.39. The molecule has 0 amide bonds. The first kappa shape index (κ1) is 9.90. The van der Waals surface area contributed by atoms with Crippen molar-refractivity contribution in [3.8, 4) is 22.6 Å². The van der Waals surface area contributed by atoms with Gasteiger partial charge in [-0.25, -0.2) is 0 Å². The van der Waals surface area contributed by atoms with E-state index >= 15 is 0 Å². The van der Waals surface area contributed by atoms with Crippen molar-refractivity contribution in [2.24, 2.45) is 7.05 Å². The highest BCUT2D eigenvalue weighted by Gasteiger charge is 2.04. The van der Waals surface area contributed by atoms with Crippen LogP contribution in [0.25, 0.3) is 22.6 Å². The number of hydrogen-bond donors (Lipinski definition) is 0. The first-order valence-electron chi connectivity index (χ1n) is 5.47. The molecule has 0 spiro atoms. The molecular weight excluding hydrogens is 212 g/mol. The van der Waals surface area contributed by atoms with Crippen LogP contribution in [-0.2, 0) is 7.05 Å². The standard InChI is InChI=1S/C14H12N2O/c1-16-8-7-13(15-16)11-4-2-5-12(10-11)14-6-3-9-17-14/h2-10H,1H3. The third-order valence-corrected chi connectivity index (χ3v) is 2.68. The molecule has 0 bridgehead atoms. The maximum Gasteiger partial charge on any atom is 0.133 e. The lowest BCUT2D eigenvalue weighted by molar-refractivity contribution is 0.582. The molecule has 2 aromatic heterocycles. The summed E-state index contributed by atoms with van der Waals surface area (Å²) in [4.78, 5) is 0. The molecule has 0 atom stereocenters. The van der Waals surface area contributed by atoms with Crippen molar-refractivity contribution in [2.45, 2.75) is 0 Å². The van der Waals surface area contributed by atoms with Crippen molar-refractivity contribution in [2.75, 3.05) is 0 Å². The van der Waals surface area contributed by atoms with Gasteiger partial charge in [-0.3, -0.25) is 4.68 Å². The first-order valence-corrected chi connectivity index (χ1v) is 5.47. The van der Waals surface area contributed by atoms with Crippen molar-refractivity contribution in [3.05, 3.63) is 54.9 Å². The molecule has 0 aliphatic rings. The van der Waals surface area contributed by atoms with Crippen molar-refractivity contribution in [1.29, 1.82) is 0 Å². The summed E-state index contributed by atoms with van der Waals surface area (Å²) >= 11 is 0. The molecule has 0 saturated heterocycles. The monoisotopic (exact) mass is 224 g/mol. The van der Waals surface area contributed by atoms with E-state index in [1.54, 1.807) is 10.9 Å². The molecule has 0 radical (unpaired) electrons. The molecule has 0 aliphatic heterocycles. The van der Waals surface area contributed by atoms with E-state index in [4.69, 9.17) is 4.42 Å². The van der Waals surface area contributed by atoms with Gasteiger partial charge in [0, 0.05) is 24.4 Å². The Kier molecular flexibility index (Phi) is 2.29. The van der Waals surface area contributed by atoms with E-state index in [2.05, 4.69) is 17.2 Å². The van der Waals surface area contributed by atoms with Crippen LogP contribution in [0.5, 0.6) is 0 Å². The zero-order chi connectivity index (χ0) is 11.7. The fourth-order valence-electron chi connectivity index (χ4n) is 1.84. The topological polar surface area (TPSA) is 31.0 Å². The number of furan rings is 1. The van der Waals surface area contributed by atoms with Gasteiger partial charge in [0.15, 0.2) is 0 Å². The van der Waals surface area contributed by atoms with Crippen LogP contribution < -0.4 is 0 Å². The number of hydrogen-bond acceptors (Lipinski definition) is 2. The lowest BCUT2D eigenvalue weighted by Crippen LogP contribution is -1.88. The minimum atomic E-state index is 0.878. The van der Waals surface area contributed by atoms with Gasteiger partial charge in [0.1, 0.15) is 5.76 Å². The van der Waals surface area contributed by atoms with Crippen LogP contribution in [0.4, 0.5) is 0 Å². The summed E-state index contributed by atoms with van der Waals surface area (Å²) < 4.78 is 7.19. The van der Waals surface area contributed by atoms with Gasteiger partial charge in [-0.2, -0.15) is 5.10 Å². The Morgan fingerprint density at radius 2 is 1.94 bits per heavy atom. The quantitative estimate of drug-likeness (QED) is 0.668. The number of nitrogens with zero attached hydrogens (tertiary/aromatic N) is 2. The molecule has 0 unspecified atom stereocenters. The van der Waals surface area contributed by atoms with E-state index in [0.29, 0.717) is 0 Å². The predicted octanol–water partition coefficient (Wildman–Crippen LogP) is 3.35. The molecule has 3 heteroatoms. The summed E-state index contributed by atoms with van der Waals surface area (Å²) in [5, 5.41) is 4.39. The zero-order valence-corrected chi connectivity index (χ0v) is 9.50. The smallest absolute Gasteiger partial charge is 0.133 e. The highest BCUT2D eigenvalue weighted by Crippen LogP contribution is 2.25. The van der Waals surface area contributed by atoms with Crippen molar-refractivity contribution in [3.63, 3.8) is 0 Å². The van der Waals surface area contributed by atoms with Gasteiger partial charge in [0.25, 0.3) is 0 Å². The zero-order valence-electron chi connectivity index (χ0n) is 9.50. The van der Waals surface area contributed by atoms with Crippen molar-refractivity contribution < 1.29 is 4.42 Å². The Morgan fingerprint density at radius 3 is 2.65 bits per heavy atom. The van der Waals surface area contributed by atoms with Gasteiger partial charge in [0.2, 0.25) is 0 Å². The van der Waals surface area contributed by atoms with Gasteiger partial charge in [-0.15, -0.1) is 0 Å². The van der Waals surface area contributed by atoms with Crippen LogP contribution >= 0.6 is 0 Å². The predicted molar refractivity (Wildman–Crippen MR) is 66.3 cm³/mol. The first-order chi connectivity index (χ1) is 8.33. The van der Waals surface area contributed by atoms with E-state index < -0.39 is 0 Å². The summed E-state index contributed by atoms with van der Waals surface area (Å²) in [5.41, 5.74) is 3.14. The second-order valence-corrected chi connectivity index (χ2v) is 3.93. The van der Waals surface area contributed by atoms with Gasteiger partial charge >= 0.3 is 0 Å². The fraction of sp³-hybridized carbons (Fsp3) is 0.0714. The SMILES string of the molecule is Cn1ccc(-c2cccc(-c3ccco3)c2)n1. The Hall–Kier alpha value is -2.29. The number of aromatic nitrogens is 2. The Morgan fingerprint density at radius 1 is 1.06 bits per heavy atom. The summed E-state index contributed by atoms with van der Waals surface area (Å²) in [7, 11) is 1.92. The fourth-order valence-corrected chi connectivity index (χ4v) is 1.84. The Labute approximate surface area is 99.3 Å². The lowest BCUT2D eigenvalue weighted by atomic mass is 10.1. The number of aryl methyl sites for hydroxylation is 1. The molecule has 0 fully saturated rings. The Bertz CT molecular complexity index is 623. The molecule has 2 heterocycles. The third kappa shape index (κ3) is 1.87. The van der Waals surface area contributed by atoms with Crippen LogP contribution in [0.3, 0.4) is 0 Å². The molecule has 1 aromatic carbocycles. The number of benzene rings is 1. The molecule has 0 saturated carbocycles. The van der Waals surface area contributed by atoms with Crippen molar-refractivity contribution in [1.82, 2.24) is 9.78 Å². The van der Waals surface area contributed by atoms with Crippen LogP contribution in [0, 0.1) is 0 Å². The van der Waals surface area contributed by atoms with E-state index in [1.165, 1.54) is 0 Å². The third-order valence-electron chi connectivity index (χ3n) is 2.68. The van der Waals surface area contributed by atoms with E-state index in [0.717, 1.165) is 22.6 Å². The average Bonchev–Trinajstić information content (AvgIpc) is 3.00. The van der Waals surface area contributed by atoms with Crippen LogP contribution in [0.15, 0.2) is 59.3 Å². The second kappa shape index (κ2) is 3.94. The average molecular weight is 224 g/mol.